The molecule has 2 aromatic rings. The van der Waals surface area contributed by atoms with Crippen molar-refractivity contribution in [2.24, 2.45) is 5.92 Å². The average Bonchev–Trinajstić information content (AvgIpc) is 2.48. The van der Waals surface area contributed by atoms with Crippen molar-refractivity contribution >= 4 is 0 Å². The van der Waals surface area contributed by atoms with Crippen molar-refractivity contribution in [1.29, 1.82) is 0 Å². The first kappa shape index (κ1) is 15.6. The maximum Gasteiger partial charge on any atom is 0.126 e. The Labute approximate surface area is 128 Å². The maximum absolute atomic E-state index is 5.51. The summed E-state index contributed by atoms with van der Waals surface area (Å²) in [5.41, 5.74) is 5.01. The van der Waals surface area contributed by atoms with Crippen LogP contribution >= 0.6 is 0 Å². The van der Waals surface area contributed by atoms with Gasteiger partial charge in [-0.2, -0.15) is 0 Å². The molecule has 0 heterocycles. The third kappa shape index (κ3) is 4.08. The molecule has 0 aliphatic heterocycles. The molecule has 0 atom stereocenters. The molecular formula is C19H25NO. The minimum Gasteiger partial charge on any atom is -0.496 e. The van der Waals surface area contributed by atoms with Crippen LogP contribution in [0.2, 0.25) is 0 Å². The van der Waals surface area contributed by atoms with Crippen LogP contribution in [-0.4, -0.2) is 14.2 Å². The van der Waals surface area contributed by atoms with Crippen LogP contribution < -0.4 is 10.1 Å². The van der Waals surface area contributed by atoms with Gasteiger partial charge in [0.25, 0.3) is 0 Å². The highest BCUT2D eigenvalue weighted by atomic mass is 16.5. The molecule has 0 saturated heterocycles. The molecule has 0 unspecified atom stereocenters. The van der Waals surface area contributed by atoms with Crippen molar-refractivity contribution in [3.05, 3.63) is 53.6 Å². The van der Waals surface area contributed by atoms with Crippen molar-refractivity contribution in [2.45, 2.75) is 26.8 Å². The number of benzene rings is 2. The molecule has 112 valence electrons. The van der Waals surface area contributed by atoms with E-state index in [0.29, 0.717) is 5.92 Å². The van der Waals surface area contributed by atoms with Gasteiger partial charge >= 0.3 is 0 Å². The molecule has 2 nitrogen and oxygen atoms in total. The molecule has 0 amide bonds. The molecule has 0 aliphatic carbocycles. The molecule has 0 aliphatic rings. The third-order valence-corrected chi connectivity index (χ3v) is 3.55. The summed E-state index contributed by atoms with van der Waals surface area (Å²) >= 11 is 0. The van der Waals surface area contributed by atoms with Crippen LogP contribution in [0.15, 0.2) is 42.5 Å². The second-order valence-corrected chi connectivity index (χ2v) is 5.86. The van der Waals surface area contributed by atoms with Crippen LogP contribution in [0, 0.1) is 5.92 Å². The largest absolute Gasteiger partial charge is 0.496 e. The van der Waals surface area contributed by atoms with Gasteiger partial charge in [0.1, 0.15) is 5.75 Å². The molecule has 0 radical (unpaired) electrons. The van der Waals surface area contributed by atoms with E-state index in [1.54, 1.807) is 7.11 Å². The molecule has 0 aromatic heterocycles. The fourth-order valence-electron chi connectivity index (χ4n) is 2.59. The van der Waals surface area contributed by atoms with Crippen LogP contribution in [0.4, 0.5) is 0 Å². The molecule has 1 N–H and O–H groups in total. The third-order valence-electron chi connectivity index (χ3n) is 3.55. The Morgan fingerprint density at radius 2 is 1.67 bits per heavy atom. The zero-order chi connectivity index (χ0) is 15.2. The van der Waals surface area contributed by atoms with Crippen molar-refractivity contribution in [3.63, 3.8) is 0 Å². The summed E-state index contributed by atoms with van der Waals surface area (Å²) in [6.07, 6.45) is 1.12. The number of hydrogen-bond donors (Lipinski definition) is 1. The molecule has 0 spiro atoms. The van der Waals surface area contributed by atoms with Gasteiger partial charge in [-0.15, -0.1) is 0 Å². The zero-order valence-electron chi connectivity index (χ0n) is 13.4. The Bertz CT molecular complexity index is 573. The lowest BCUT2D eigenvalue weighted by Gasteiger charge is -2.12. The zero-order valence-corrected chi connectivity index (χ0v) is 13.4. The van der Waals surface area contributed by atoms with Crippen LogP contribution in [-0.2, 0) is 13.0 Å². The van der Waals surface area contributed by atoms with E-state index in [2.05, 4.69) is 55.6 Å². The minimum atomic E-state index is 0.685. The number of nitrogens with one attached hydrogen (secondary N) is 1. The highest BCUT2D eigenvalue weighted by molar-refractivity contribution is 5.71. The van der Waals surface area contributed by atoms with Gasteiger partial charge in [0.2, 0.25) is 0 Å². The second-order valence-electron chi connectivity index (χ2n) is 5.86. The SMILES string of the molecule is CNCc1ccc(OC)c(-c2ccc(CC(C)C)cc2)c1. The van der Waals surface area contributed by atoms with E-state index in [0.717, 1.165) is 24.3 Å². The number of methoxy groups -OCH3 is 1. The summed E-state index contributed by atoms with van der Waals surface area (Å²) in [5.74, 6) is 1.61. The number of hydrogen-bond acceptors (Lipinski definition) is 2. The average molecular weight is 283 g/mol. The predicted octanol–water partition coefficient (Wildman–Crippen LogP) is 4.28. The molecule has 0 saturated carbocycles. The molecule has 0 fully saturated rings. The van der Waals surface area contributed by atoms with Crippen LogP contribution in [0.3, 0.4) is 0 Å². The standard InChI is InChI=1S/C19H25NO/c1-14(2)11-15-5-8-17(9-6-15)18-12-16(13-20-3)7-10-19(18)21-4/h5-10,12,14,20H,11,13H2,1-4H3. The lowest BCUT2D eigenvalue weighted by molar-refractivity contribution is 0.416. The molecular weight excluding hydrogens is 258 g/mol. The van der Waals surface area contributed by atoms with E-state index < -0.39 is 0 Å². The first-order chi connectivity index (χ1) is 10.1. The van der Waals surface area contributed by atoms with E-state index in [4.69, 9.17) is 4.74 Å². The fraction of sp³-hybridized carbons (Fsp3) is 0.368. The van der Waals surface area contributed by atoms with E-state index in [1.165, 1.54) is 16.7 Å². The molecule has 2 aromatic carbocycles. The highest BCUT2D eigenvalue weighted by Gasteiger charge is 2.07. The van der Waals surface area contributed by atoms with Crippen molar-refractivity contribution in [2.75, 3.05) is 14.2 Å². The van der Waals surface area contributed by atoms with Crippen LogP contribution in [0.25, 0.3) is 11.1 Å². The lowest BCUT2D eigenvalue weighted by atomic mass is 9.97. The van der Waals surface area contributed by atoms with E-state index >= 15 is 0 Å². The smallest absolute Gasteiger partial charge is 0.126 e. The van der Waals surface area contributed by atoms with E-state index in [-0.39, 0.29) is 0 Å². The summed E-state index contributed by atoms with van der Waals surface area (Å²) in [7, 11) is 3.69. The quantitative estimate of drug-likeness (QED) is 0.854. The highest BCUT2D eigenvalue weighted by Crippen LogP contribution is 2.31. The summed E-state index contributed by atoms with van der Waals surface area (Å²) in [6, 6.07) is 15.2. The lowest BCUT2D eigenvalue weighted by Crippen LogP contribution is -2.05. The van der Waals surface area contributed by atoms with Gasteiger partial charge in [-0.3, -0.25) is 0 Å². The molecule has 2 heteroatoms. The second kappa shape index (κ2) is 7.28. The van der Waals surface area contributed by atoms with Crippen molar-refractivity contribution in [1.82, 2.24) is 5.32 Å². The van der Waals surface area contributed by atoms with Crippen molar-refractivity contribution < 1.29 is 4.74 Å². The Balaban J connectivity index is 2.33. The van der Waals surface area contributed by atoms with Crippen molar-refractivity contribution in [3.8, 4) is 16.9 Å². The van der Waals surface area contributed by atoms with E-state index in [1.807, 2.05) is 13.1 Å². The summed E-state index contributed by atoms with van der Waals surface area (Å²) in [4.78, 5) is 0. The van der Waals surface area contributed by atoms with Gasteiger partial charge in [-0.05, 0) is 48.2 Å². The monoisotopic (exact) mass is 283 g/mol. The first-order valence-electron chi connectivity index (χ1n) is 7.55. The van der Waals surface area contributed by atoms with Gasteiger partial charge in [0.05, 0.1) is 7.11 Å². The van der Waals surface area contributed by atoms with Gasteiger partial charge in [-0.1, -0.05) is 44.2 Å². The summed E-state index contributed by atoms with van der Waals surface area (Å²) < 4.78 is 5.51. The van der Waals surface area contributed by atoms with Crippen LogP contribution in [0.1, 0.15) is 25.0 Å². The minimum absolute atomic E-state index is 0.685. The van der Waals surface area contributed by atoms with Crippen LogP contribution in [0.5, 0.6) is 5.75 Å². The maximum atomic E-state index is 5.51. The predicted molar refractivity (Wildman–Crippen MR) is 89.7 cm³/mol. The fourth-order valence-corrected chi connectivity index (χ4v) is 2.59. The molecule has 0 bridgehead atoms. The Morgan fingerprint density at radius 3 is 2.24 bits per heavy atom. The Kier molecular flexibility index (Phi) is 5.40. The van der Waals surface area contributed by atoms with Gasteiger partial charge in [0, 0.05) is 12.1 Å². The normalized spacial score (nSPS) is 10.9. The van der Waals surface area contributed by atoms with E-state index in [9.17, 15) is 0 Å². The van der Waals surface area contributed by atoms with Gasteiger partial charge < -0.3 is 10.1 Å². The first-order valence-corrected chi connectivity index (χ1v) is 7.55. The number of ether oxygens (including phenoxy) is 1. The van der Waals surface area contributed by atoms with Gasteiger partial charge in [0.15, 0.2) is 0 Å². The summed E-state index contributed by atoms with van der Waals surface area (Å²) in [6.45, 7) is 5.36. The summed E-state index contributed by atoms with van der Waals surface area (Å²) in [5, 5.41) is 3.19. The molecule has 2 rings (SSSR count). The topological polar surface area (TPSA) is 21.3 Å². The van der Waals surface area contributed by atoms with Gasteiger partial charge in [-0.25, -0.2) is 0 Å². The molecule has 21 heavy (non-hydrogen) atoms. The Hall–Kier alpha value is -1.80. The number of rotatable bonds is 6. The Morgan fingerprint density at radius 1 is 1.00 bits per heavy atom.